The van der Waals surface area contributed by atoms with Crippen LogP contribution in [-0.4, -0.2) is 18.2 Å². The van der Waals surface area contributed by atoms with Gasteiger partial charge in [-0.25, -0.2) is 8.42 Å². The van der Waals surface area contributed by atoms with E-state index in [2.05, 4.69) is 14.5 Å². The first-order chi connectivity index (χ1) is 6.40. The molecule has 0 spiro atoms. The first-order valence-electron chi connectivity index (χ1n) is 3.71. The third-order valence-electron chi connectivity index (χ3n) is 1.84. The van der Waals surface area contributed by atoms with E-state index in [0.717, 1.165) is 0 Å². The Bertz CT molecular complexity index is 509. The summed E-state index contributed by atoms with van der Waals surface area (Å²) in [6, 6.07) is 0. The number of aryl methyl sites for hydroxylation is 2. The van der Waals surface area contributed by atoms with E-state index in [0.29, 0.717) is 11.4 Å². The van der Waals surface area contributed by atoms with Crippen LogP contribution in [0, 0.1) is 13.8 Å². The molecular formula is C6H9N5O2S. The van der Waals surface area contributed by atoms with Crippen LogP contribution in [0.15, 0.2) is 9.42 Å². The SMILES string of the molecule is Cc1nn(C)c(C)c1S(=O)(=O)N=[N+]=[N-]. The van der Waals surface area contributed by atoms with Gasteiger partial charge in [-0.2, -0.15) is 5.10 Å². The quantitative estimate of drug-likeness (QED) is 0.418. The molecule has 0 amide bonds. The predicted molar refractivity (Wildman–Crippen MR) is 49.0 cm³/mol. The smallest absolute Gasteiger partial charge is 0.267 e. The fourth-order valence-electron chi connectivity index (χ4n) is 1.22. The van der Waals surface area contributed by atoms with Crippen molar-refractivity contribution in [3.63, 3.8) is 0 Å². The first kappa shape index (κ1) is 10.6. The molecule has 14 heavy (non-hydrogen) atoms. The molecule has 1 aromatic rings. The summed E-state index contributed by atoms with van der Waals surface area (Å²) in [6.07, 6.45) is 0. The second-order valence-corrected chi connectivity index (χ2v) is 4.29. The summed E-state index contributed by atoms with van der Waals surface area (Å²) in [5.74, 6) is 0. The number of sulfonamides is 1. The van der Waals surface area contributed by atoms with Crippen molar-refractivity contribution < 1.29 is 8.42 Å². The Morgan fingerprint density at radius 2 is 2.07 bits per heavy atom. The number of azide groups is 1. The molecule has 0 radical (unpaired) electrons. The second kappa shape index (κ2) is 3.32. The molecule has 0 fully saturated rings. The highest BCUT2D eigenvalue weighted by Gasteiger charge is 2.22. The minimum absolute atomic E-state index is 0.0159. The molecule has 0 saturated carbocycles. The van der Waals surface area contributed by atoms with Crippen LogP contribution in [0.2, 0.25) is 0 Å². The van der Waals surface area contributed by atoms with Crippen LogP contribution < -0.4 is 0 Å². The number of rotatable bonds is 2. The van der Waals surface area contributed by atoms with Crippen LogP contribution >= 0.6 is 0 Å². The first-order valence-corrected chi connectivity index (χ1v) is 5.15. The standard InChI is InChI=1S/C6H9N5O2S/c1-4-6(5(2)11(3)8-4)14(12,13)10-9-7/h1-3H3. The van der Waals surface area contributed by atoms with Crippen molar-refractivity contribution in [3.05, 3.63) is 21.8 Å². The van der Waals surface area contributed by atoms with E-state index in [9.17, 15) is 8.42 Å². The van der Waals surface area contributed by atoms with Gasteiger partial charge in [-0.1, -0.05) is 0 Å². The van der Waals surface area contributed by atoms with Crippen LogP contribution in [0.5, 0.6) is 0 Å². The highest BCUT2D eigenvalue weighted by molar-refractivity contribution is 7.90. The number of nitrogens with zero attached hydrogens (tertiary/aromatic N) is 5. The molecule has 0 aliphatic rings. The van der Waals surface area contributed by atoms with Gasteiger partial charge in [-0.3, -0.25) is 4.68 Å². The lowest BCUT2D eigenvalue weighted by Crippen LogP contribution is -1.99. The summed E-state index contributed by atoms with van der Waals surface area (Å²) in [7, 11) is -2.30. The number of hydrogen-bond acceptors (Lipinski definition) is 3. The molecule has 76 valence electrons. The molecule has 0 unspecified atom stereocenters. The van der Waals surface area contributed by atoms with Crippen molar-refractivity contribution in [1.29, 1.82) is 0 Å². The minimum Gasteiger partial charge on any atom is -0.271 e. The third kappa shape index (κ3) is 1.57. The molecule has 7 nitrogen and oxygen atoms in total. The van der Waals surface area contributed by atoms with E-state index in [4.69, 9.17) is 5.53 Å². The maximum absolute atomic E-state index is 11.4. The molecule has 0 bridgehead atoms. The zero-order chi connectivity index (χ0) is 10.9. The molecular weight excluding hydrogens is 206 g/mol. The monoisotopic (exact) mass is 215 g/mol. The van der Waals surface area contributed by atoms with E-state index >= 15 is 0 Å². The van der Waals surface area contributed by atoms with Gasteiger partial charge in [0.1, 0.15) is 4.90 Å². The fourth-order valence-corrected chi connectivity index (χ4v) is 2.31. The molecule has 1 heterocycles. The summed E-state index contributed by atoms with van der Waals surface area (Å²) >= 11 is 0. The largest absolute Gasteiger partial charge is 0.271 e. The molecule has 0 N–H and O–H groups in total. The summed E-state index contributed by atoms with van der Waals surface area (Å²) in [5, 5.41) is 3.91. The fraction of sp³-hybridized carbons (Fsp3) is 0.500. The molecule has 0 saturated heterocycles. The van der Waals surface area contributed by atoms with Gasteiger partial charge in [0.2, 0.25) is 0 Å². The lowest BCUT2D eigenvalue weighted by atomic mass is 10.4. The summed E-state index contributed by atoms with van der Waals surface area (Å²) < 4.78 is 27.0. The Kier molecular flexibility index (Phi) is 2.50. The van der Waals surface area contributed by atoms with Gasteiger partial charge in [0.25, 0.3) is 10.0 Å². The van der Waals surface area contributed by atoms with E-state index < -0.39 is 10.0 Å². The van der Waals surface area contributed by atoms with Gasteiger partial charge in [0, 0.05) is 16.5 Å². The van der Waals surface area contributed by atoms with Gasteiger partial charge in [0.15, 0.2) is 0 Å². The Morgan fingerprint density at radius 1 is 1.50 bits per heavy atom. The van der Waals surface area contributed by atoms with Crippen LogP contribution in [0.1, 0.15) is 11.4 Å². The van der Waals surface area contributed by atoms with E-state index in [1.54, 1.807) is 20.9 Å². The molecule has 0 atom stereocenters. The highest BCUT2D eigenvalue weighted by Crippen LogP contribution is 2.20. The summed E-state index contributed by atoms with van der Waals surface area (Å²) in [5.41, 5.74) is 8.89. The van der Waals surface area contributed by atoms with Crippen LogP contribution in [-0.2, 0) is 17.1 Å². The Morgan fingerprint density at radius 3 is 2.43 bits per heavy atom. The molecule has 0 aliphatic heterocycles. The van der Waals surface area contributed by atoms with Crippen molar-refractivity contribution >= 4 is 10.0 Å². The molecule has 0 aromatic carbocycles. The molecule has 0 aliphatic carbocycles. The van der Waals surface area contributed by atoms with Gasteiger partial charge >= 0.3 is 0 Å². The normalized spacial score (nSPS) is 11.1. The molecule has 1 aromatic heterocycles. The average Bonchev–Trinajstić information content (AvgIpc) is 2.26. The highest BCUT2D eigenvalue weighted by atomic mass is 32.2. The van der Waals surface area contributed by atoms with E-state index in [1.165, 1.54) is 4.68 Å². The van der Waals surface area contributed by atoms with Crippen molar-refractivity contribution in [1.82, 2.24) is 9.78 Å². The van der Waals surface area contributed by atoms with Crippen LogP contribution in [0.25, 0.3) is 10.4 Å². The Labute approximate surface area is 81.0 Å². The lowest BCUT2D eigenvalue weighted by molar-refractivity contribution is 0.596. The van der Waals surface area contributed by atoms with Crippen LogP contribution in [0.4, 0.5) is 0 Å². The van der Waals surface area contributed by atoms with Crippen molar-refractivity contribution in [2.45, 2.75) is 18.7 Å². The van der Waals surface area contributed by atoms with Crippen molar-refractivity contribution in [2.75, 3.05) is 0 Å². The zero-order valence-corrected chi connectivity index (χ0v) is 8.78. The van der Waals surface area contributed by atoms with Crippen molar-refractivity contribution in [2.24, 2.45) is 11.6 Å². The molecule has 8 heteroatoms. The summed E-state index contributed by atoms with van der Waals surface area (Å²) in [6.45, 7) is 3.15. The Hall–Kier alpha value is -1.53. The minimum atomic E-state index is -3.93. The Balaban J connectivity index is 3.55. The maximum atomic E-state index is 11.4. The maximum Gasteiger partial charge on any atom is 0.267 e. The van der Waals surface area contributed by atoms with Gasteiger partial charge in [-0.15, -0.1) is 0 Å². The van der Waals surface area contributed by atoms with Crippen LogP contribution in [0.3, 0.4) is 0 Å². The van der Waals surface area contributed by atoms with E-state index in [1.807, 2.05) is 0 Å². The predicted octanol–water partition coefficient (Wildman–Crippen LogP) is 1.04. The number of aromatic nitrogens is 2. The lowest BCUT2D eigenvalue weighted by Gasteiger charge is -1.96. The van der Waals surface area contributed by atoms with Gasteiger partial charge in [0.05, 0.1) is 11.4 Å². The number of hydrogen-bond donors (Lipinski definition) is 0. The molecule has 1 rings (SSSR count). The topological polar surface area (TPSA) is 101 Å². The van der Waals surface area contributed by atoms with Gasteiger partial charge < -0.3 is 0 Å². The van der Waals surface area contributed by atoms with Crippen molar-refractivity contribution in [3.8, 4) is 0 Å². The van der Waals surface area contributed by atoms with E-state index in [-0.39, 0.29) is 4.90 Å². The van der Waals surface area contributed by atoms with Gasteiger partial charge in [-0.05, 0) is 19.4 Å². The second-order valence-electron chi connectivity index (χ2n) is 2.77. The zero-order valence-electron chi connectivity index (χ0n) is 7.96. The third-order valence-corrected chi connectivity index (χ3v) is 3.24. The summed E-state index contributed by atoms with van der Waals surface area (Å²) in [4.78, 5) is 2.26. The average molecular weight is 215 g/mol.